The van der Waals surface area contributed by atoms with E-state index in [0.29, 0.717) is 35.5 Å². The summed E-state index contributed by atoms with van der Waals surface area (Å²) < 4.78 is 5.42. The van der Waals surface area contributed by atoms with Crippen LogP contribution in [0.4, 0.5) is 0 Å². The molecule has 4 heterocycles. The average Bonchev–Trinajstić information content (AvgIpc) is 1.46. The molecule has 2 aliphatic heterocycles. The number of fused-ring (bicyclic) bond motifs is 10. The van der Waals surface area contributed by atoms with E-state index in [1.165, 1.54) is 155 Å². The summed E-state index contributed by atoms with van der Waals surface area (Å²) in [5, 5.41) is 5.23. The first-order valence-electron chi connectivity index (χ1n) is 31.8. The highest BCUT2D eigenvalue weighted by Crippen LogP contribution is 2.42. The van der Waals surface area contributed by atoms with Crippen molar-refractivity contribution in [1.82, 2.24) is 9.13 Å². The van der Waals surface area contributed by atoms with Gasteiger partial charge in [0.1, 0.15) is 0 Å². The fraction of sp³-hybridized carbons (Fsp3) is 0.325. The molecule has 2 aromatic heterocycles. The SMILES string of the molecule is CC(C)c1cc(C(C)C)c(B2c3cc4c(cc3-n3c5ccc(-c6ccc(C(C)(C)C)cc6)cc5c5cccc2c53)B(c2c(C(C)C)cc(C(C)C)cc2C(C)C)c2cc(-c3ccc(C(C)(C)C)cc3)cc3c5ccccc5n-4c23)c(C(C)C)c1. The maximum absolute atomic E-state index is 2.72. The van der Waals surface area contributed by atoms with Crippen LogP contribution in [0, 0.1) is 0 Å². The van der Waals surface area contributed by atoms with Gasteiger partial charge in [0.05, 0.1) is 11.0 Å². The normalized spacial score (nSPS) is 13.5. The Labute approximate surface area is 502 Å². The van der Waals surface area contributed by atoms with Crippen molar-refractivity contribution in [3.05, 3.63) is 202 Å². The Balaban J connectivity index is 1.20. The Kier molecular flexibility index (Phi) is 13.4. The minimum absolute atomic E-state index is 0.0235. The number of para-hydroxylation sites is 2. The van der Waals surface area contributed by atoms with Crippen LogP contribution in [-0.2, 0) is 10.8 Å². The fourth-order valence-corrected chi connectivity index (χ4v) is 15.0. The van der Waals surface area contributed by atoms with Crippen molar-refractivity contribution in [2.45, 2.75) is 171 Å². The lowest BCUT2D eigenvalue weighted by Gasteiger charge is -2.36. The van der Waals surface area contributed by atoms with E-state index in [1.807, 2.05) is 0 Å². The van der Waals surface area contributed by atoms with Gasteiger partial charge in [-0.15, -0.1) is 0 Å². The molecule has 84 heavy (non-hydrogen) atoms. The van der Waals surface area contributed by atoms with E-state index in [4.69, 9.17) is 0 Å². The van der Waals surface area contributed by atoms with E-state index >= 15 is 0 Å². The third kappa shape index (κ3) is 8.80. The van der Waals surface area contributed by atoms with Gasteiger partial charge in [-0.3, -0.25) is 0 Å². The molecule has 0 spiro atoms. The molecule has 0 saturated carbocycles. The molecule has 0 fully saturated rings. The molecule has 4 heteroatoms. The first-order valence-corrected chi connectivity index (χ1v) is 31.8. The van der Waals surface area contributed by atoms with Crippen LogP contribution < -0.4 is 32.8 Å². The maximum Gasteiger partial charge on any atom is 0.247 e. The Bertz CT molecular complexity index is 4380. The van der Waals surface area contributed by atoms with E-state index in [1.54, 1.807) is 0 Å². The molecule has 11 aromatic rings. The maximum atomic E-state index is 2.72. The van der Waals surface area contributed by atoms with Gasteiger partial charge in [-0.1, -0.05) is 257 Å². The zero-order valence-electron chi connectivity index (χ0n) is 53.5. The molecule has 0 saturated heterocycles. The number of nitrogens with zero attached hydrogens (tertiary/aromatic N) is 2. The zero-order valence-corrected chi connectivity index (χ0v) is 53.5. The number of benzene rings is 9. The molecular formula is C80H86B2N2. The van der Waals surface area contributed by atoms with E-state index in [-0.39, 0.29) is 24.3 Å². The average molecular weight is 1100 g/mol. The van der Waals surface area contributed by atoms with E-state index in [2.05, 4.69) is 291 Å². The lowest BCUT2D eigenvalue weighted by atomic mass is 9.31. The van der Waals surface area contributed by atoms with Gasteiger partial charge in [-0.2, -0.15) is 0 Å². The number of aromatic nitrogens is 2. The molecule has 0 unspecified atom stereocenters. The third-order valence-corrected chi connectivity index (χ3v) is 19.6. The molecular weight excluding hydrogens is 1010 g/mol. The van der Waals surface area contributed by atoms with Crippen LogP contribution >= 0.6 is 0 Å². The highest BCUT2D eigenvalue weighted by atomic mass is 15.0. The fourth-order valence-electron chi connectivity index (χ4n) is 15.0. The molecule has 422 valence electrons. The van der Waals surface area contributed by atoms with Gasteiger partial charge in [0.15, 0.2) is 0 Å². The van der Waals surface area contributed by atoms with Crippen LogP contribution in [-0.4, -0.2) is 22.6 Å². The van der Waals surface area contributed by atoms with Gasteiger partial charge >= 0.3 is 0 Å². The number of hydrogen-bond acceptors (Lipinski definition) is 0. The predicted molar refractivity (Wildman–Crippen MR) is 370 cm³/mol. The lowest BCUT2D eigenvalue weighted by Crippen LogP contribution is -2.61. The van der Waals surface area contributed by atoms with Gasteiger partial charge < -0.3 is 9.13 Å². The third-order valence-electron chi connectivity index (χ3n) is 19.6. The van der Waals surface area contributed by atoms with Crippen molar-refractivity contribution >= 4 is 89.8 Å². The van der Waals surface area contributed by atoms with Gasteiger partial charge in [-0.25, -0.2) is 0 Å². The van der Waals surface area contributed by atoms with Gasteiger partial charge in [-0.05, 0) is 171 Å². The molecule has 2 nitrogen and oxygen atoms in total. The number of rotatable bonds is 10. The summed E-state index contributed by atoms with van der Waals surface area (Å²) in [4.78, 5) is 0. The van der Waals surface area contributed by atoms with Crippen molar-refractivity contribution in [1.29, 1.82) is 0 Å². The summed E-state index contributed by atoms with van der Waals surface area (Å²) >= 11 is 0. The second-order valence-corrected chi connectivity index (χ2v) is 29.3. The van der Waals surface area contributed by atoms with Crippen molar-refractivity contribution in [3.8, 4) is 33.6 Å². The first kappa shape index (κ1) is 55.9. The zero-order chi connectivity index (χ0) is 59.3. The predicted octanol–water partition coefficient (Wildman–Crippen LogP) is 18.2. The molecule has 0 amide bonds. The summed E-state index contributed by atoms with van der Waals surface area (Å²) in [6.07, 6.45) is 0. The summed E-state index contributed by atoms with van der Waals surface area (Å²) in [7, 11) is 0. The second kappa shape index (κ2) is 20.2. The minimum atomic E-state index is -0.0622. The van der Waals surface area contributed by atoms with E-state index in [0.717, 1.165) is 0 Å². The molecule has 0 bridgehead atoms. The second-order valence-electron chi connectivity index (χ2n) is 29.3. The molecule has 0 atom stereocenters. The van der Waals surface area contributed by atoms with Crippen molar-refractivity contribution < 1.29 is 0 Å². The van der Waals surface area contributed by atoms with Crippen LogP contribution in [0.2, 0.25) is 0 Å². The van der Waals surface area contributed by atoms with Crippen molar-refractivity contribution in [3.63, 3.8) is 0 Å². The highest BCUT2D eigenvalue weighted by Gasteiger charge is 2.43. The summed E-state index contributed by atoms with van der Waals surface area (Å²) in [6, 6.07) is 63.6. The number of hydrogen-bond donors (Lipinski definition) is 0. The summed E-state index contributed by atoms with van der Waals surface area (Å²) in [6.45, 7) is 42.7. The largest absolute Gasteiger partial charge is 0.310 e. The Morgan fingerprint density at radius 1 is 0.310 bits per heavy atom. The Morgan fingerprint density at radius 3 is 1.18 bits per heavy atom. The van der Waals surface area contributed by atoms with Crippen LogP contribution in [0.1, 0.15) is 205 Å². The van der Waals surface area contributed by atoms with Crippen LogP contribution in [0.5, 0.6) is 0 Å². The van der Waals surface area contributed by atoms with Crippen LogP contribution in [0.15, 0.2) is 158 Å². The molecule has 0 N–H and O–H groups in total. The standard InChI is InChI=1S/C80H86B2N2/c1-45(2)54-37-61(47(5)6)75(62(38-54)48(7)8)81-67-24-21-23-60-65-36-53(51-26-31-57(32-27-51)79(13,14)15)30-35-72(65)84(77(60)67)73-44-69-74(43-68(73)81)83-71-25-20-19-22-59(71)66-41-56(52-28-33-58(34-29-52)80(16,17)18)42-70(78(66)83)82(69)76-63(49(9)10)39-55(46(3)4)40-64(76)50(11)12/h19-50H,1-18H3. The highest BCUT2D eigenvalue weighted by molar-refractivity contribution is 7.00. The van der Waals surface area contributed by atoms with Crippen molar-refractivity contribution in [2.24, 2.45) is 0 Å². The van der Waals surface area contributed by atoms with Gasteiger partial charge in [0, 0.05) is 44.0 Å². The van der Waals surface area contributed by atoms with Crippen molar-refractivity contribution in [2.75, 3.05) is 0 Å². The minimum Gasteiger partial charge on any atom is -0.310 e. The quantitative estimate of drug-likeness (QED) is 0.121. The van der Waals surface area contributed by atoms with Gasteiger partial charge in [0.2, 0.25) is 13.4 Å². The summed E-state index contributed by atoms with van der Waals surface area (Å²) in [5.74, 6) is 2.05. The molecule has 9 aromatic carbocycles. The summed E-state index contributed by atoms with van der Waals surface area (Å²) in [5.41, 5.74) is 32.8. The lowest BCUT2D eigenvalue weighted by molar-refractivity contribution is 0.590. The molecule has 0 radical (unpaired) electrons. The van der Waals surface area contributed by atoms with E-state index < -0.39 is 0 Å². The monoisotopic (exact) mass is 1100 g/mol. The van der Waals surface area contributed by atoms with Crippen LogP contribution in [0.3, 0.4) is 0 Å². The Morgan fingerprint density at radius 2 is 0.714 bits per heavy atom. The first-order chi connectivity index (χ1) is 39.9. The molecule has 2 aliphatic rings. The van der Waals surface area contributed by atoms with Crippen LogP contribution in [0.25, 0.3) is 77.2 Å². The van der Waals surface area contributed by atoms with Gasteiger partial charge in [0.25, 0.3) is 0 Å². The topological polar surface area (TPSA) is 9.86 Å². The Hall–Kier alpha value is -7.29. The molecule has 13 rings (SSSR count). The molecule has 0 aliphatic carbocycles. The smallest absolute Gasteiger partial charge is 0.247 e. The van der Waals surface area contributed by atoms with E-state index in [9.17, 15) is 0 Å².